The fourth-order valence-electron chi connectivity index (χ4n) is 4.06. The summed E-state index contributed by atoms with van der Waals surface area (Å²) in [5.74, 6) is -5.05. The normalized spacial score (nSPS) is 14.9. The number of carboxylic acids is 1. The first-order chi connectivity index (χ1) is 19.0. The number of carbonyl (C=O) groups excluding carboxylic acids is 4. The number of nitrogens with one attached hydrogen (secondary N) is 5. The number of amides is 4. The average molecular weight is 557 g/mol. The molecule has 2 aromatic heterocycles. The first kappa shape index (κ1) is 29.8. The van der Waals surface area contributed by atoms with Crippen molar-refractivity contribution in [3.05, 3.63) is 54.2 Å². The second-order valence-corrected chi connectivity index (χ2v) is 9.31. The third-order valence-electron chi connectivity index (χ3n) is 6.15. The summed E-state index contributed by atoms with van der Waals surface area (Å²) in [4.78, 5) is 72.1. The monoisotopic (exact) mass is 556 g/mol. The largest absolute Gasteiger partial charge is 0.480 e. The molecule has 0 fully saturated rings. The molecule has 0 saturated heterocycles. The minimum absolute atomic E-state index is 0.0191. The molecular formula is C25H32N8O7. The van der Waals surface area contributed by atoms with Gasteiger partial charge >= 0.3 is 5.97 Å². The van der Waals surface area contributed by atoms with Crippen molar-refractivity contribution >= 4 is 40.5 Å². The summed E-state index contributed by atoms with van der Waals surface area (Å²) in [7, 11) is 0. The zero-order valence-corrected chi connectivity index (χ0v) is 21.6. The van der Waals surface area contributed by atoms with Crippen LogP contribution in [-0.2, 0) is 36.8 Å². The fraction of sp³-hybridized carbons (Fsp3) is 0.360. The Bertz CT molecular complexity index is 1350. The number of benzene rings is 1. The quantitative estimate of drug-likeness (QED) is 0.104. The van der Waals surface area contributed by atoms with Crippen LogP contribution in [0.5, 0.6) is 0 Å². The molecule has 0 spiro atoms. The molecule has 5 atom stereocenters. The fourth-order valence-corrected chi connectivity index (χ4v) is 4.06. The Kier molecular flexibility index (Phi) is 9.94. The van der Waals surface area contributed by atoms with E-state index in [-0.39, 0.29) is 12.8 Å². The number of fused-ring (bicyclic) bond motifs is 1. The Balaban J connectivity index is 1.84. The number of hydrogen-bond acceptors (Lipinski definition) is 8. The van der Waals surface area contributed by atoms with E-state index in [1.54, 1.807) is 6.20 Å². The highest BCUT2D eigenvalue weighted by Crippen LogP contribution is 2.19. The summed E-state index contributed by atoms with van der Waals surface area (Å²) >= 11 is 0. The van der Waals surface area contributed by atoms with Gasteiger partial charge in [0.15, 0.2) is 6.04 Å². The number of hydrogen-bond donors (Lipinski definition) is 9. The van der Waals surface area contributed by atoms with Gasteiger partial charge in [-0.3, -0.25) is 19.2 Å². The van der Waals surface area contributed by atoms with Crippen LogP contribution in [0.25, 0.3) is 10.9 Å². The molecule has 0 radical (unpaired) electrons. The Morgan fingerprint density at radius 2 is 1.65 bits per heavy atom. The lowest BCUT2D eigenvalue weighted by molar-refractivity contribution is -0.145. The van der Waals surface area contributed by atoms with Gasteiger partial charge in [0, 0.05) is 41.8 Å². The molecule has 2 heterocycles. The number of primary amides is 1. The molecule has 0 aliphatic carbocycles. The van der Waals surface area contributed by atoms with E-state index in [1.807, 2.05) is 24.3 Å². The number of aromatic nitrogens is 3. The van der Waals surface area contributed by atoms with Gasteiger partial charge in [0.05, 0.1) is 24.9 Å². The zero-order valence-electron chi connectivity index (χ0n) is 21.6. The highest BCUT2D eigenvalue weighted by atomic mass is 16.4. The number of carboxylic acid groups (broad SMARTS) is 1. The maximum absolute atomic E-state index is 13.4. The summed E-state index contributed by atoms with van der Waals surface area (Å²) in [6, 6.07) is 1.69. The van der Waals surface area contributed by atoms with Crippen LogP contribution in [0.15, 0.2) is 43.0 Å². The Labute approximate surface area is 228 Å². The van der Waals surface area contributed by atoms with E-state index in [4.69, 9.17) is 11.5 Å². The predicted molar refractivity (Wildman–Crippen MR) is 141 cm³/mol. The van der Waals surface area contributed by atoms with Gasteiger partial charge in [-0.2, -0.15) is 0 Å². The standard InChI is InChI=1S/C25H32N8O7/c1-12(34)21(25(39)40)33-24(38)19(8-20(27)35)32-23(37)18(6-13-9-29-17-5-3-2-4-15(13)17)31-22(36)16(26)7-14-10-28-11-30-14/h2-5,9-12,16,18-19,21,29,34H,6-8,26H2,1H3,(H2,27,35)(H,28,30)(H,31,36)(H,32,37)(H,33,38)(H,39,40). The van der Waals surface area contributed by atoms with Gasteiger partial charge in [-0.25, -0.2) is 9.78 Å². The van der Waals surface area contributed by atoms with Gasteiger partial charge in [0.1, 0.15) is 12.1 Å². The Hall–Kier alpha value is -4.76. The van der Waals surface area contributed by atoms with Crippen LogP contribution in [-0.4, -0.2) is 85.0 Å². The van der Waals surface area contributed by atoms with Gasteiger partial charge in [-0.05, 0) is 18.6 Å². The van der Waals surface area contributed by atoms with Gasteiger partial charge in [-0.15, -0.1) is 0 Å². The van der Waals surface area contributed by atoms with Crippen LogP contribution in [0.1, 0.15) is 24.6 Å². The third-order valence-corrected chi connectivity index (χ3v) is 6.15. The highest BCUT2D eigenvalue weighted by Gasteiger charge is 2.33. The number of carbonyl (C=O) groups is 5. The summed E-state index contributed by atoms with van der Waals surface area (Å²) in [5.41, 5.74) is 13.4. The van der Waals surface area contributed by atoms with Crippen molar-refractivity contribution in [2.75, 3.05) is 0 Å². The van der Waals surface area contributed by atoms with Crippen molar-refractivity contribution in [3.8, 4) is 0 Å². The molecule has 15 heteroatoms. The maximum atomic E-state index is 13.4. The predicted octanol–water partition coefficient (Wildman–Crippen LogP) is -2.20. The summed E-state index contributed by atoms with van der Waals surface area (Å²) in [5, 5.41) is 26.8. The van der Waals surface area contributed by atoms with Crippen LogP contribution in [0.4, 0.5) is 0 Å². The molecule has 3 rings (SSSR count). The van der Waals surface area contributed by atoms with E-state index < -0.39 is 66.3 Å². The van der Waals surface area contributed by atoms with Gasteiger partial charge in [-0.1, -0.05) is 18.2 Å². The second-order valence-electron chi connectivity index (χ2n) is 9.31. The summed E-state index contributed by atoms with van der Waals surface area (Å²) < 4.78 is 0. The second kappa shape index (κ2) is 13.3. The smallest absolute Gasteiger partial charge is 0.328 e. The van der Waals surface area contributed by atoms with Crippen molar-refractivity contribution in [2.45, 2.75) is 56.5 Å². The Morgan fingerprint density at radius 1 is 0.975 bits per heavy atom. The molecule has 15 nitrogen and oxygen atoms in total. The first-order valence-corrected chi connectivity index (χ1v) is 12.3. The molecule has 0 saturated carbocycles. The molecule has 0 aliphatic heterocycles. The first-order valence-electron chi connectivity index (χ1n) is 12.3. The lowest BCUT2D eigenvalue weighted by Gasteiger charge is -2.25. The van der Waals surface area contributed by atoms with E-state index in [0.29, 0.717) is 11.3 Å². The number of aliphatic carboxylic acids is 1. The zero-order chi connectivity index (χ0) is 29.4. The van der Waals surface area contributed by atoms with Crippen LogP contribution < -0.4 is 27.4 Å². The van der Waals surface area contributed by atoms with Crippen LogP contribution in [0, 0.1) is 0 Å². The number of nitrogens with two attached hydrogens (primary N) is 2. The van der Waals surface area contributed by atoms with Crippen molar-refractivity contribution in [2.24, 2.45) is 11.5 Å². The molecule has 5 unspecified atom stereocenters. The molecule has 0 bridgehead atoms. The molecule has 3 aromatic rings. The van der Waals surface area contributed by atoms with Gasteiger partial charge < -0.3 is 47.6 Å². The highest BCUT2D eigenvalue weighted by molar-refractivity contribution is 5.96. The lowest BCUT2D eigenvalue weighted by atomic mass is 10.0. The van der Waals surface area contributed by atoms with Crippen LogP contribution in [0.3, 0.4) is 0 Å². The van der Waals surface area contributed by atoms with Crippen molar-refractivity contribution in [3.63, 3.8) is 0 Å². The molecule has 0 aliphatic rings. The summed E-state index contributed by atoms with van der Waals surface area (Å²) in [6.07, 6.45) is 2.56. The molecule has 11 N–H and O–H groups in total. The number of nitrogens with zero attached hydrogens (tertiary/aromatic N) is 1. The van der Waals surface area contributed by atoms with E-state index in [1.165, 1.54) is 12.5 Å². The van der Waals surface area contributed by atoms with E-state index in [2.05, 4.69) is 30.9 Å². The number of aliphatic hydroxyl groups is 1. The van der Waals surface area contributed by atoms with E-state index in [9.17, 15) is 34.2 Å². The average Bonchev–Trinajstić information content (AvgIpc) is 3.55. The topological polar surface area (TPSA) is 258 Å². The van der Waals surface area contributed by atoms with Crippen LogP contribution in [0.2, 0.25) is 0 Å². The molecule has 40 heavy (non-hydrogen) atoms. The van der Waals surface area contributed by atoms with Crippen molar-refractivity contribution in [1.29, 1.82) is 0 Å². The van der Waals surface area contributed by atoms with E-state index in [0.717, 1.165) is 17.8 Å². The number of imidazole rings is 1. The molecule has 1 aromatic carbocycles. The lowest BCUT2D eigenvalue weighted by Crippen LogP contribution is -2.59. The van der Waals surface area contributed by atoms with Crippen molar-refractivity contribution in [1.82, 2.24) is 30.9 Å². The van der Waals surface area contributed by atoms with Crippen molar-refractivity contribution < 1.29 is 34.2 Å². The number of para-hydroxylation sites is 1. The third kappa shape index (κ3) is 7.87. The summed E-state index contributed by atoms with van der Waals surface area (Å²) in [6.45, 7) is 1.15. The number of H-pyrrole nitrogens is 2. The molecular weight excluding hydrogens is 524 g/mol. The van der Waals surface area contributed by atoms with Gasteiger partial charge in [0.25, 0.3) is 0 Å². The van der Waals surface area contributed by atoms with Gasteiger partial charge in [0.2, 0.25) is 23.6 Å². The Morgan fingerprint density at radius 3 is 2.27 bits per heavy atom. The number of aliphatic hydroxyl groups excluding tert-OH is 1. The number of rotatable bonds is 14. The molecule has 214 valence electrons. The van der Waals surface area contributed by atoms with E-state index >= 15 is 0 Å². The number of aromatic amines is 2. The molecule has 4 amide bonds. The van der Waals surface area contributed by atoms with Crippen LogP contribution >= 0.6 is 0 Å². The minimum Gasteiger partial charge on any atom is -0.480 e. The maximum Gasteiger partial charge on any atom is 0.328 e. The minimum atomic E-state index is -1.71. The SMILES string of the molecule is CC(O)C(NC(=O)C(CC(N)=O)NC(=O)C(Cc1c[nH]c2ccccc12)NC(=O)C(N)Cc1cnc[nH]1)C(=O)O.